The van der Waals surface area contributed by atoms with Gasteiger partial charge in [-0.2, -0.15) is 0 Å². The molecule has 112 valence electrons. The summed E-state index contributed by atoms with van der Waals surface area (Å²) in [4.78, 5) is 3.21. The molecule has 0 spiro atoms. The van der Waals surface area contributed by atoms with Gasteiger partial charge in [0.2, 0.25) is 0 Å². The number of hydrogen-bond donors (Lipinski definition) is 1. The second-order valence-corrected chi connectivity index (χ2v) is 6.65. The molecule has 1 aliphatic rings. The highest BCUT2D eigenvalue weighted by molar-refractivity contribution is 7.99. The maximum atomic E-state index is 13.8. The molecule has 0 fully saturated rings. The summed E-state index contributed by atoms with van der Waals surface area (Å²) in [6.45, 7) is 6.45. The Labute approximate surface area is 126 Å². The fourth-order valence-electron chi connectivity index (χ4n) is 2.55. The van der Waals surface area contributed by atoms with Crippen LogP contribution in [0, 0.1) is 5.82 Å². The first-order valence-corrected chi connectivity index (χ1v) is 8.46. The van der Waals surface area contributed by atoms with Crippen LogP contribution in [-0.2, 0) is 0 Å². The number of likely N-dealkylation sites (N-methyl/N-ethyl adjacent to an activating group) is 1. The summed E-state index contributed by atoms with van der Waals surface area (Å²) in [7, 11) is 2.17. The minimum absolute atomic E-state index is 0.0734. The zero-order valence-electron chi connectivity index (χ0n) is 12.7. The van der Waals surface area contributed by atoms with Crippen molar-refractivity contribution in [3.63, 3.8) is 0 Å². The molecule has 0 aromatic heterocycles. The van der Waals surface area contributed by atoms with Crippen molar-refractivity contribution >= 4 is 11.8 Å². The highest BCUT2D eigenvalue weighted by Gasteiger charge is 2.22. The van der Waals surface area contributed by atoms with Crippen molar-refractivity contribution in [1.29, 1.82) is 0 Å². The number of nitrogens with zero attached hydrogens (tertiary/aromatic N) is 1. The van der Waals surface area contributed by atoms with Gasteiger partial charge in [-0.15, -0.1) is 11.8 Å². The Bertz CT molecular complexity index is 438. The predicted molar refractivity (Wildman–Crippen MR) is 84.9 cm³/mol. The third kappa shape index (κ3) is 3.74. The summed E-state index contributed by atoms with van der Waals surface area (Å²) in [5.74, 6) is 0.919. The molecule has 0 bridgehead atoms. The zero-order valence-corrected chi connectivity index (χ0v) is 13.5. The monoisotopic (exact) mass is 296 g/mol. The van der Waals surface area contributed by atoms with E-state index in [1.54, 1.807) is 17.8 Å². The minimum atomic E-state index is -0.0734. The molecule has 1 aromatic rings. The Kier molecular flexibility index (Phi) is 5.87. The van der Waals surface area contributed by atoms with E-state index in [9.17, 15) is 4.39 Å². The maximum absolute atomic E-state index is 13.8. The smallest absolute Gasteiger partial charge is 0.137 e. The van der Waals surface area contributed by atoms with Gasteiger partial charge in [0.1, 0.15) is 5.82 Å². The van der Waals surface area contributed by atoms with Gasteiger partial charge >= 0.3 is 0 Å². The Morgan fingerprint density at radius 2 is 2.30 bits per heavy atom. The third-order valence-corrected chi connectivity index (χ3v) is 5.38. The van der Waals surface area contributed by atoms with Crippen molar-refractivity contribution in [3.05, 3.63) is 29.6 Å². The van der Waals surface area contributed by atoms with E-state index in [1.165, 1.54) is 6.42 Å². The number of benzene rings is 1. The topological polar surface area (TPSA) is 15.3 Å². The van der Waals surface area contributed by atoms with Crippen molar-refractivity contribution in [2.45, 2.75) is 43.7 Å². The summed E-state index contributed by atoms with van der Waals surface area (Å²) < 4.78 is 13.8. The van der Waals surface area contributed by atoms with Crippen molar-refractivity contribution in [2.24, 2.45) is 0 Å². The molecule has 1 heterocycles. The highest BCUT2D eigenvalue weighted by Crippen LogP contribution is 2.37. The molecule has 0 aliphatic carbocycles. The lowest BCUT2D eigenvalue weighted by molar-refractivity contribution is 0.247. The first-order chi connectivity index (χ1) is 9.63. The van der Waals surface area contributed by atoms with Gasteiger partial charge < -0.3 is 10.2 Å². The molecule has 0 saturated heterocycles. The van der Waals surface area contributed by atoms with Gasteiger partial charge in [-0.1, -0.05) is 19.1 Å². The van der Waals surface area contributed by atoms with E-state index in [1.807, 2.05) is 6.07 Å². The SMILES string of the molecule is CCC(C)N(C)CCNC1CCSc2c(F)cccc21. The lowest BCUT2D eigenvalue weighted by atomic mass is 10.0. The van der Waals surface area contributed by atoms with Crippen molar-refractivity contribution in [2.75, 3.05) is 25.9 Å². The van der Waals surface area contributed by atoms with E-state index in [0.29, 0.717) is 12.1 Å². The average molecular weight is 296 g/mol. The number of thioether (sulfide) groups is 1. The molecule has 2 unspecified atom stereocenters. The van der Waals surface area contributed by atoms with Crippen LogP contribution in [0.3, 0.4) is 0 Å². The molecule has 1 aromatic carbocycles. The van der Waals surface area contributed by atoms with E-state index in [2.05, 4.69) is 37.2 Å². The molecule has 1 N–H and O–H groups in total. The predicted octanol–water partition coefficient (Wildman–Crippen LogP) is 3.68. The van der Waals surface area contributed by atoms with Gasteiger partial charge in [0.25, 0.3) is 0 Å². The van der Waals surface area contributed by atoms with Gasteiger partial charge in [-0.3, -0.25) is 0 Å². The molecular formula is C16H25FN2S. The van der Waals surface area contributed by atoms with Crippen LogP contribution in [0.2, 0.25) is 0 Å². The van der Waals surface area contributed by atoms with Gasteiger partial charge in [0.05, 0.1) is 0 Å². The van der Waals surface area contributed by atoms with E-state index < -0.39 is 0 Å². The molecule has 2 nitrogen and oxygen atoms in total. The number of rotatable bonds is 6. The van der Waals surface area contributed by atoms with Crippen molar-refractivity contribution in [1.82, 2.24) is 10.2 Å². The molecule has 1 aliphatic heterocycles. The number of nitrogens with one attached hydrogen (secondary N) is 1. The number of halogens is 1. The van der Waals surface area contributed by atoms with Crippen LogP contribution >= 0.6 is 11.8 Å². The molecule has 0 radical (unpaired) electrons. The zero-order chi connectivity index (χ0) is 14.5. The summed E-state index contributed by atoms with van der Waals surface area (Å²) in [5, 5.41) is 3.59. The van der Waals surface area contributed by atoms with Gasteiger partial charge in [-0.05, 0) is 44.2 Å². The second kappa shape index (κ2) is 7.43. The fourth-order valence-corrected chi connectivity index (χ4v) is 3.69. The summed E-state index contributed by atoms with van der Waals surface area (Å²) >= 11 is 1.64. The lowest BCUT2D eigenvalue weighted by Crippen LogP contribution is -2.36. The minimum Gasteiger partial charge on any atom is -0.309 e. The maximum Gasteiger partial charge on any atom is 0.137 e. The van der Waals surface area contributed by atoms with E-state index in [-0.39, 0.29) is 5.82 Å². The average Bonchev–Trinajstić information content (AvgIpc) is 2.47. The summed E-state index contributed by atoms with van der Waals surface area (Å²) in [6, 6.07) is 6.35. The Morgan fingerprint density at radius 1 is 1.50 bits per heavy atom. The van der Waals surface area contributed by atoms with Crippen LogP contribution in [0.5, 0.6) is 0 Å². The molecule has 20 heavy (non-hydrogen) atoms. The summed E-state index contributed by atoms with van der Waals surface area (Å²) in [6.07, 6.45) is 2.25. The third-order valence-electron chi connectivity index (χ3n) is 4.22. The Balaban J connectivity index is 1.91. The molecule has 0 saturated carbocycles. The van der Waals surface area contributed by atoms with Gasteiger partial charge in [-0.25, -0.2) is 4.39 Å². The van der Waals surface area contributed by atoms with Crippen LogP contribution in [0.4, 0.5) is 4.39 Å². The van der Waals surface area contributed by atoms with E-state index in [0.717, 1.165) is 35.7 Å². The van der Waals surface area contributed by atoms with E-state index in [4.69, 9.17) is 0 Å². The largest absolute Gasteiger partial charge is 0.309 e. The van der Waals surface area contributed by atoms with Gasteiger partial charge in [0, 0.05) is 30.1 Å². The molecule has 2 atom stereocenters. The normalized spacial score (nSPS) is 19.9. The first kappa shape index (κ1) is 15.8. The lowest BCUT2D eigenvalue weighted by Gasteiger charge is -2.28. The Hall–Kier alpha value is -0.580. The van der Waals surface area contributed by atoms with Crippen molar-refractivity contribution < 1.29 is 4.39 Å². The number of hydrogen-bond acceptors (Lipinski definition) is 3. The highest BCUT2D eigenvalue weighted by atomic mass is 32.2. The fraction of sp³-hybridized carbons (Fsp3) is 0.625. The van der Waals surface area contributed by atoms with Crippen LogP contribution in [0.1, 0.15) is 38.3 Å². The van der Waals surface area contributed by atoms with Crippen LogP contribution < -0.4 is 5.32 Å². The number of fused-ring (bicyclic) bond motifs is 1. The molecule has 2 rings (SSSR count). The van der Waals surface area contributed by atoms with Gasteiger partial charge in [0.15, 0.2) is 0 Å². The molecule has 4 heteroatoms. The molecule has 0 amide bonds. The summed E-state index contributed by atoms with van der Waals surface area (Å²) in [5.41, 5.74) is 1.13. The van der Waals surface area contributed by atoms with Crippen LogP contribution in [0.25, 0.3) is 0 Å². The first-order valence-electron chi connectivity index (χ1n) is 7.48. The van der Waals surface area contributed by atoms with Crippen molar-refractivity contribution in [3.8, 4) is 0 Å². The van der Waals surface area contributed by atoms with E-state index >= 15 is 0 Å². The van der Waals surface area contributed by atoms with Crippen LogP contribution in [-0.4, -0.2) is 36.8 Å². The second-order valence-electron chi connectivity index (χ2n) is 5.54. The van der Waals surface area contributed by atoms with Crippen LogP contribution in [0.15, 0.2) is 23.1 Å². The molecular weight excluding hydrogens is 271 g/mol. The standard InChI is InChI=1S/C16H25FN2S/c1-4-12(2)19(3)10-9-18-15-8-11-20-16-13(15)6-5-7-14(16)17/h5-7,12,15,18H,4,8-11H2,1-3H3. The quantitative estimate of drug-likeness (QED) is 0.862. The Morgan fingerprint density at radius 3 is 3.05 bits per heavy atom.